The van der Waals surface area contributed by atoms with Crippen LogP contribution in [0.1, 0.15) is 44.2 Å². The van der Waals surface area contributed by atoms with Crippen LogP contribution in [-0.4, -0.2) is 27.3 Å². The maximum Gasteiger partial charge on any atom is 0.288 e. The summed E-state index contributed by atoms with van der Waals surface area (Å²) in [5, 5.41) is 15.0. The van der Waals surface area contributed by atoms with Gasteiger partial charge in [-0.2, -0.15) is 0 Å². The molecule has 1 heterocycles. The van der Waals surface area contributed by atoms with Crippen LogP contribution in [0.15, 0.2) is 29.5 Å². The average Bonchev–Trinajstić information content (AvgIpc) is 2.57. The highest BCUT2D eigenvalue weighted by molar-refractivity contribution is 7.80. The molecule has 0 saturated heterocycles. The van der Waals surface area contributed by atoms with E-state index in [0.29, 0.717) is 22.7 Å². The van der Waals surface area contributed by atoms with E-state index in [1.807, 2.05) is 4.90 Å². The summed E-state index contributed by atoms with van der Waals surface area (Å²) in [6.45, 7) is 2.80. The first-order chi connectivity index (χ1) is 11.9. The van der Waals surface area contributed by atoms with E-state index >= 15 is 0 Å². The van der Waals surface area contributed by atoms with Crippen LogP contribution in [0, 0.1) is 10.1 Å². The smallest absolute Gasteiger partial charge is 0.288 e. The summed E-state index contributed by atoms with van der Waals surface area (Å²) in [5.41, 5.74) is 2.07. The van der Waals surface area contributed by atoms with Crippen LogP contribution in [0.25, 0.3) is 0 Å². The molecule has 0 spiro atoms. The molecule has 25 heavy (non-hydrogen) atoms. The van der Waals surface area contributed by atoms with Crippen LogP contribution in [0.4, 0.5) is 5.69 Å². The number of halogens is 1. The fourth-order valence-electron chi connectivity index (χ4n) is 3.41. The molecule has 0 aromatic heterocycles. The molecular formula is C17H18ClN3O3S. The van der Waals surface area contributed by atoms with Gasteiger partial charge in [0.2, 0.25) is 0 Å². The second kappa shape index (κ2) is 7.09. The summed E-state index contributed by atoms with van der Waals surface area (Å²) >= 11 is 11.4. The highest BCUT2D eigenvalue weighted by Gasteiger charge is 2.37. The Hall–Kier alpha value is -1.99. The monoisotopic (exact) mass is 379 g/mol. The summed E-state index contributed by atoms with van der Waals surface area (Å²) in [4.78, 5) is 25.3. The van der Waals surface area contributed by atoms with Gasteiger partial charge in [-0.05, 0) is 43.1 Å². The van der Waals surface area contributed by atoms with Gasteiger partial charge in [-0.1, -0.05) is 24.6 Å². The number of nitro groups is 1. The second-order valence-electron chi connectivity index (χ2n) is 6.14. The number of allylic oxidation sites excluding steroid dienone is 1. The summed E-state index contributed by atoms with van der Waals surface area (Å²) < 4.78 is 0. The van der Waals surface area contributed by atoms with E-state index in [1.54, 1.807) is 6.07 Å². The Bertz CT molecular complexity index is 793. The Balaban J connectivity index is 2.11. The van der Waals surface area contributed by atoms with Crippen molar-refractivity contribution in [2.45, 2.75) is 38.6 Å². The van der Waals surface area contributed by atoms with E-state index in [4.69, 9.17) is 23.8 Å². The zero-order valence-corrected chi connectivity index (χ0v) is 15.3. The van der Waals surface area contributed by atoms with Crippen LogP contribution >= 0.6 is 23.8 Å². The van der Waals surface area contributed by atoms with Crippen LogP contribution in [0.3, 0.4) is 0 Å². The molecule has 0 saturated carbocycles. The molecule has 1 aromatic rings. The minimum atomic E-state index is -0.519. The van der Waals surface area contributed by atoms with Gasteiger partial charge < -0.3 is 10.2 Å². The molecule has 8 heteroatoms. The highest BCUT2D eigenvalue weighted by Crippen LogP contribution is 2.39. The molecule has 1 unspecified atom stereocenters. The Morgan fingerprint density at radius 1 is 1.44 bits per heavy atom. The van der Waals surface area contributed by atoms with E-state index in [0.717, 1.165) is 31.5 Å². The second-order valence-corrected chi connectivity index (χ2v) is 6.93. The van der Waals surface area contributed by atoms with Crippen LogP contribution in [-0.2, 0) is 4.79 Å². The molecule has 1 aliphatic heterocycles. The van der Waals surface area contributed by atoms with Crippen molar-refractivity contribution in [3.63, 3.8) is 0 Å². The lowest BCUT2D eigenvalue weighted by atomic mass is 9.84. The van der Waals surface area contributed by atoms with Crippen LogP contribution < -0.4 is 5.32 Å². The molecule has 1 N–H and O–H groups in total. The summed E-state index contributed by atoms with van der Waals surface area (Å²) in [6, 6.07) is 4.15. The zero-order chi connectivity index (χ0) is 18.1. The average molecular weight is 380 g/mol. The van der Waals surface area contributed by atoms with E-state index in [9.17, 15) is 14.9 Å². The summed E-state index contributed by atoms with van der Waals surface area (Å²) in [5.74, 6) is 0.0694. The number of carbonyl (C=O) groups is 1. The molecule has 0 fully saturated rings. The standard InChI is InChI=1S/C17H18ClN3O3S/c1-2-8-20-12-4-3-5-14(22)15(12)16(19-17(20)25)10-6-7-11(18)13(9-10)21(23)24/h6-7,9,16H,2-5,8H2,1H3,(H,19,25). The molecule has 1 atom stereocenters. The number of hydrogen-bond acceptors (Lipinski definition) is 4. The number of hydrogen-bond donors (Lipinski definition) is 1. The largest absolute Gasteiger partial charge is 0.351 e. The lowest BCUT2D eigenvalue weighted by Gasteiger charge is -2.40. The van der Waals surface area contributed by atoms with Gasteiger partial charge in [0.25, 0.3) is 5.69 Å². The molecule has 132 valence electrons. The molecule has 6 nitrogen and oxygen atoms in total. The molecule has 0 amide bonds. The lowest BCUT2D eigenvalue weighted by molar-refractivity contribution is -0.384. The number of nitrogens with zero attached hydrogens (tertiary/aromatic N) is 2. The Morgan fingerprint density at radius 3 is 2.88 bits per heavy atom. The quantitative estimate of drug-likeness (QED) is 0.486. The molecule has 0 bridgehead atoms. The number of nitrogens with one attached hydrogen (secondary N) is 1. The predicted molar refractivity (Wildman–Crippen MR) is 99.5 cm³/mol. The first kappa shape index (κ1) is 17.8. The third-order valence-electron chi connectivity index (χ3n) is 4.50. The minimum absolute atomic E-state index is 0.0694. The lowest BCUT2D eigenvalue weighted by Crippen LogP contribution is -2.49. The van der Waals surface area contributed by atoms with Gasteiger partial charge in [0.1, 0.15) is 5.02 Å². The minimum Gasteiger partial charge on any atom is -0.351 e. The third kappa shape index (κ3) is 3.26. The summed E-state index contributed by atoms with van der Waals surface area (Å²) in [6.07, 6.45) is 2.98. The number of benzene rings is 1. The zero-order valence-electron chi connectivity index (χ0n) is 13.8. The van der Waals surface area contributed by atoms with Gasteiger partial charge in [-0.25, -0.2) is 0 Å². The fraction of sp³-hybridized carbons (Fsp3) is 0.412. The topological polar surface area (TPSA) is 75.5 Å². The van der Waals surface area contributed by atoms with Crippen LogP contribution in [0.2, 0.25) is 5.02 Å². The predicted octanol–water partition coefficient (Wildman–Crippen LogP) is 3.90. The Kier molecular flexibility index (Phi) is 5.06. The van der Waals surface area contributed by atoms with Gasteiger partial charge in [0.05, 0.1) is 11.0 Å². The van der Waals surface area contributed by atoms with Crippen molar-refractivity contribution in [2.24, 2.45) is 0 Å². The van der Waals surface area contributed by atoms with Crippen molar-refractivity contribution in [1.29, 1.82) is 0 Å². The van der Waals surface area contributed by atoms with E-state index in [2.05, 4.69) is 12.2 Å². The molecule has 3 rings (SSSR count). The van der Waals surface area contributed by atoms with Crippen molar-refractivity contribution >= 4 is 40.4 Å². The first-order valence-electron chi connectivity index (χ1n) is 8.22. The van der Waals surface area contributed by atoms with Gasteiger partial charge in [-0.15, -0.1) is 0 Å². The maximum atomic E-state index is 12.6. The molecule has 2 aliphatic rings. The van der Waals surface area contributed by atoms with Gasteiger partial charge in [0, 0.05) is 30.3 Å². The first-order valence-corrected chi connectivity index (χ1v) is 9.00. The molecule has 1 aromatic carbocycles. The normalized spacial score (nSPS) is 20.4. The van der Waals surface area contributed by atoms with Crippen molar-refractivity contribution in [3.8, 4) is 0 Å². The SMILES string of the molecule is CCCN1C(=S)NC(c2ccc(Cl)c([N+](=O)[O-])c2)C2=C1CCCC2=O. The van der Waals surface area contributed by atoms with E-state index in [1.165, 1.54) is 12.1 Å². The molecule has 0 radical (unpaired) electrons. The van der Waals surface area contributed by atoms with E-state index in [-0.39, 0.29) is 16.5 Å². The number of nitro benzene ring substituents is 1. The van der Waals surface area contributed by atoms with Crippen molar-refractivity contribution in [3.05, 3.63) is 50.2 Å². The van der Waals surface area contributed by atoms with Gasteiger partial charge in [-0.3, -0.25) is 14.9 Å². The number of Topliss-reactive ketones (excluding diaryl/α,β-unsaturated/α-hetero) is 1. The Labute approximate surface area is 156 Å². The van der Waals surface area contributed by atoms with Crippen molar-refractivity contribution in [1.82, 2.24) is 10.2 Å². The number of ketones is 1. The van der Waals surface area contributed by atoms with E-state index < -0.39 is 11.0 Å². The van der Waals surface area contributed by atoms with Gasteiger partial charge in [0.15, 0.2) is 10.9 Å². The maximum absolute atomic E-state index is 12.6. The number of thiocarbonyl (C=S) groups is 1. The third-order valence-corrected chi connectivity index (χ3v) is 5.16. The number of rotatable bonds is 4. The Morgan fingerprint density at radius 2 is 2.20 bits per heavy atom. The number of carbonyl (C=O) groups excluding carboxylic acids is 1. The fourth-order valence-corrected chi connectivity index (χ4v) is 3.92. The van der Waals surface area contributed by atoms with Crippen LogP contribution in [0.5, 0.6) is 0 Å². The highest BCUT2D eigenvalue weighted by atomic mass is 35.5. The molecular weight excluding hydrogens is 362 g/mol. The van der Waals surface area contributed by atoms with Crippen molar-refractivity contribution < 1.29 is 9.72 Å². The van der Waals surface area contributed by atoms with Gasteiger partial charge >= 0.3 is 0 Å². The molecule has 1 aliphatic carbocycles. The summed E-state index contributed by atoms with van der Waals surface area (Å²) in [7, 11) is 0. The van der Waals surface area contributed by atoms with Crippen molar-refractivity contribution in [2.75, 3.05) is 6.54 Å².